The van der Waals surface area contributed by atoms with Gasteiger partial charge in [-0.2, -0.15) is 5.10 Å². The van der Waals surface area contributed by atoms with E-state index in [0.29, 0.717) is 42.4 Å². The van der Waals surface area contributed by atoms with E-state index in [-0.39, 0.29) is 17.4 Å². The maximum atomic E-state index is 14.0. The molecule has 2 unspecified atom stereocenters. The van der Waals surface area contributed by atoms with Gasteiger partial charge in [-0.15, -0.1) is 0 Å². The van der Waals surface area contributed by atoms with Gasteiger partial charge < -0.3 is 14.8 Å². The molecule has 0 saturated carbocycles. The van der Waals surface area contributed by atoms with Crippen LogP contribution in [-0.4, -0.2) is 42.4 Å². The van der Waals surface area contributed by atoms with E-state index in [0.717, 1.165) is 0 Å². The van der Waals surface area contributed by atoms with Crippen LogP contribution in [0.4, 0.5) is 4.39 Å². The average molecular weight is 405 g/mol. The van der Waals surface area contributed by atoms with Gasteiger partial charge in [0.1, 0.15) is 18.0 Å². The van der Waals surface area contributed by atoms with E-state index >= 15 is 0 Å². The van der Waals surface area contributed by atoms with Crippen molar-refractivity contribution in [2.24, 2.45) is 5.10 Å². The molecule has 0 bridgehead atoms. The number of aromatic nitrogens is 1. The number of pyridine rings is 1. The molecular formula is C19H18ClFN4O3. The molecule has 0 spiro atoms. The lowest BCUT2D eigenvalue weighted by Gasteiger charge is -2.26. The van der Waals surface area contributed by atoms with Crippen LogP contribution in [0.3, 0.4) is 0 Å². The van der Waals surface area contributed by atoms with Crippen LogP contribution < -0.4 is 15.5 Å². The number of carbonyl (C=O) groups is 1. The fourth-order valence-electron chi connectivity index (χ4n) is 3.18. The van der Waals surface area contributed by atoms with E-state index in [9.17, 15) is 9.18 Å². The molecule has 2 aliphatic rings. The summed E-state index contributed by atoms with van der Waals surface area (Å²) in [7, 11) is 0. The van der Waals surface area contributed by atoms with E-state index in [1.54, 1.807) is 24.4 Å². The molecule has 1 amide bonds. The second-order valence-electron chi connectivity index (χ2n) is 6.45. The Morgan fingerprint density at radius 3 is 3.00 bits per heavy atom. The lowest BCUT2D eigenvalue weighted by Crippen LogP contribution is -2.35. The van der Waals surface area contributed by atoms with Gasteiger partial charge >= 0.3 is 0 Å². The first-order valence-electron chi connectivity index (χ1n) is 8.86. The predicted molar refractivity (Wildman–Crippen MR) is 101 cm³/mol. The molecule has 9 heteroatoms. The van der Waals surface area contributed by atoms with Crippen LogP contribution in [0.15, 0.2) is 41.6 Å². The molecule has 2 aliphatic heterocycles. The van der Waals surface area contributed by atoms with Gasteiger partial charge in [-0.1, -0.05) is 17.7 Å². The molecule has 2 atom stereocenters. The fourth-order valence-corrected chi connectivity index (χ4v) is 3.30. The SMILES string of the molecule is O=C1CC(c2cccnc2OC2CNCCOC2c2ccc(Cl)c(F)c2)=NN1. The highest BCUT2D eigenvalue weighted by atomic mass is 35.5. The normalized spacial score (nSPS) is 22.4. The third-order valence-corrected chi connectivity index (χ3v) is 4.83. The van der Waals surface area contributed by atoms with Crippen molar-refractivity contribution >= 4 is 23.2 Å². The Morgan fingerprint density at radius 2 is 2.21 bits per heavy atom. The van der Waals surface area contributed by atoms with Crippen LogP contribution in [0.25, 0.3) is 0 Å². The Morgan fingerprint density at radius 1 is 1.32 bits per heavy atom. The highest BCUT2D eigenvalue weighted by molar-refractivity contribution is 6.30. The van der Waals surface area contributed by atoms with Crippen LogP contribution in [0.2, 0.25) is 5.02 Å². The van der Waals surface area contributed by atoms with Gasteiger partial charge in [0.15, 0.2) is 0 Å². The van der Waals surface area contributed by atoms with Crippen molar-refractivity contribution in [2.75, 3.05) is 19.7 Å². The number of hydrogen-bond donors (Lipinski definition) is 2. The van der Waals surface area contributed by atoms with Gasteiger partial charge in [-0.05, 0) is 29.8 Å². The smallest absolute Gasteiger partial charge is 0.246 e. The molecule has 2 N–H and O–H groups in total. The van der Waals surface area contributed by atoms with E-state index < -0.39 is 18.0 Å². The first-order chi connectivity index (χ1) is 13.6. The van der Waals surface area contributed by atoms with Crippen molar-refractivity contribution in [3.05, 3.63) is 58.5 Å². The monoisotopic (exact) mass is 404 g/mol. The second-order valence-corrected chi connectivity index (χ2v) is 6.86. The average Bonchev–Trinajstić information content (AvgIpc) is 2.99. The second kappa shape index (κ2) is 8.22. The molecule has 1 aromatic carbocycles. The lowest BCUT2D eigenvalue weighted by atomic mass is 10.0. The van der Waals surface area contributed by atoms with Crippen LogP contribution in [-0.2, 0) is 9.53 Å². The van der Waals surface area contributed by atoms with Gasteiger partial charge in [-0.25, -0.2) is 14.8 Å². The van der Waals surface area contributed by atoms with E-state index in [1.165, 1.54) is 12.1 Å². The Hall–Kier alpha value is -2.55. The molecule has 0 radical (unpaired) electrons. The van der Waals surface area contributed by atoms with Crippen LogP contribution in [0.1, 0.15) is 23.7 Å². The minimum atomic E-state index is -0.512. The minimum Gasteiger partial charge on any atom is -0.469 e. The zero-order valence-corrected chi connectivity index (χ0v) is 15.6. The van der Waals surface area contributed by atoms with Gasteiger partial charge in [0.2, 0.25) is 11.8 Å². The maximum absolute atomic E-state index is 14.0. The molecule has 2 aromatic rings. The number of hydrazone groups is 1. The molecule has 1 aromatic heterocycles. The zero-order chi connectivity index (χ0) is 19.5. The van der Waals surface area contributed by atoms with Crippen LogP contribution >= 0.6 is 11.6 Å². The number of rotatable bonds is 4. The Balaban J connectivity index is 1.63. The van der Waals surface area contributed by atoms with Gasteiger partial charge in [0.25, 0.3) is 0 Å². The molecule has 1 saturated heterocycles. The van der Waals surface area contributed by atoms with Crippen molar-refractivity contribution in [1.29, 1.82) is 0 Å². The van der Waals surface area contributed by atoms with E-state index in [1.807, 2.05) is 0 Å². The summed E-state index contributed by atoms with van der Waals surface area (Å²) in [4.78, 5) is 15.8. The largest absolute Gasteiger partial charge is 0.469 e. The first kappa shape index (κ1) is 18.8. The number of benzene rings is 1. The Labute approximate surface area is 165 Å². The topological polar surface area (TPSA) is 84.8 Å². The van der Waals surface area contributed by atoms with Crippen molar-refractivity contribution in [2.45, 2.75) is 18.6 Å². The third kappa shape index (κ3) is 3.99. The van der Waals surface area contributed by atoms with E-state index in [2.05, 4.69) is 20.8 Å². The first-order valence-corrected chi connectivity index (χ1v) is 9.24. The number of halogens is 2. The summed E-state index contributed by atoms with van der Waals surface area (Å²) in [6.07, 6.45) is 0.781. The minimum absolute atomic E-state index is 0.0522. The zero-order valence-electron chi connectivity index (χ0n) is 14.8. The number of nitrogens with one attached hydrogen (secondary N) is 2. The van der Waals surface area contributed by atoms with Crippen molar-refractivity contribution in [1.82, 2.24) is 15.7 Å². The number of ether oxygens (including phenoxy) is 2. The van der Waals surface area contributed by atoms with Crippen molar-refractivity contribution in [3.63, 3.8) is 0 Å². The standard InChI is InChI=1S/C19H18ClFN4O3/c20-13-4-3-11(8-14(13)21)18-16(10-22-6-7-27-18)28-19-12(2-1-5-23-19)15-9-17(26)25-24-15/h1-5,8,16,18,22H,6-7,9-10H2,(H,25,26). The van der Waals surface area contributed by atoms with Crippen LogP contribution in [0, 0.1) is 5.82 Å². The summed E-state index contributed by atoms with van der Waals surface area (Å²) < 4.78 is 26.1. The highest BCUT2D eigenvalue weighted by Gasteiger charge is 2.30. The molecule has 0 aliphatic carbocycles. The number of hydrogen-bond acceptors (Lipinski definition) is 6. The lowest BCUT2D eigenvalue weighted by molar-refractivity contribution is -0.119. The number of nitrogens with zero attached hydrogens (tertiary/aromatic N) is 2. The number of carbonyl (C=O) groups excluding carboxylic acids is 1. The maximum Gasteiger partial charge on any atom is 0.246 e. The van der Waals surface area contributed by atoms with Gasteiger partial charge in [-0.3, -0.25) is 4.79 Å². The Bertz CT molecular complexity index is 924. The summed E-state index contributed by atoms with van der Waals surface area (Å²) in [5, 5.41) is 7.34. The van der Waals surface area contributed by atoms with Gasteiger partial charge in [0, 0.05) is 19.3 Å². The summed E-state index contributed by atoms with van der Waals surface area (Å²) in [5.41, 5.74) is 4.25. The quantitative estimate of drug-likeness (QED) is 0.816. The summed E-state index contributed by atoms with van der Waals surface area (Å²) in [5.74, 6) is -0.351. The summed E-state index contributed by atoms with van der Waals surface area (Å²) >= 11 is 5.81. The highest BCUT2D eigenvalue weighted by Crippen LogP contribution is 2.30. The summed E-state index contributed by atoms with van der Waals surface area (Å²) in [6, 6.07) is 8.13. The fraction of sp³-hybridized carbons (Fsp3) is 0.316. The predicted octanol–water partition coefficient (Wildman–Crippen LogP) is 2.21. The molecule has 4 rings (SSSR count). The van der Waals surface area contributed by atoms with Gasteiger partial charge in [0.05, 0.1) is 29.3 Å². The molecule has 7 nitrogen and oxygen atoms in total. The van der Waals surface area contributed by atoms with Crippen molar-refractivity contribution in [3.8, 4) is 5.88 Å². The summed E-state index contributed by atoms with van der Waals surface area (Å²) in [6.45, 7) is 1.58. The number of amides is 1. The molecule has 1 fully saturated rings. The Kier molecular flexibility index (Phi) is 5.52. The van der Waals surface area contributed by atoms with Crippen LogP contribution in [0.5, 0.6) is 5.88 Å². The van der Waals surface area contributed by atoms with Crippen molar-refractivity contribution < 1.29 is 18.7 Å². The van der Waals surface area contributed by atoms with E-state index in [4.69, 9.17) is 21.1 Å². The molecular weight excluding hydrogens is 387 g/mol. The third-order valence-electron chi connectivity index (χ3n) is 4.52. The molecule has 146 valence electrons. The molecule has 3 heterocycles. The molecule has 28 heavy (non-hydrogen) atoms.